The van der Waals surface area contributed by atoms with Crippen molar-refractivity contribution < 1.29 is 0 Å². The number of rotatable bonds is 5. The maximum atomic E-state index is 5.49. The maximum Gasteiger partial charge on any atom is 0.206 e. The first kappa shape index (κ1) is 30.8. The molecule has 0 radical (unpaired) electrons. The maximum absolute atomic E-state index is 5.49. The molecule has 9 heterocycles. The highest BCUT2D eigenvalue weighted by Gasteiger charge is 2.16. The Labute approximate surface area is 290 Å². The molecule has 244 valence electrons. The van der Waals surface area contributed by atoms with Crippen LogP contribution in [0.25, 0.3) is 79.0 Å². The van der Waals surface area contributed by atoms with Gasteiger partial charge in [-0.15, -0.1) is 16.6 Å². The summed E-state index contributed by atoms with van der Waals surface area (Å²) in [6.45, 7) is 3.88. The normalized spacial score (nSPS) is 10.9. The van der Waals surface area contributed by atoms with Crippen molar-refractivity contribution in [1.29, 1.82) is 0 Å². The van der Waals surface area contributed by atoms with E-state index in [2.05, 4.69) is 66.4 Å². The zero-order chi connectivity index (χ0) is 34.7. The number of H-pyrrole nitrogens is 3. The molecule has 9 aromatic rings. The smallest absolute Gasteiger partial charge is 0.206 e. The summed E-state index contributed by atoms with van der Waals surface area (Å²) in [7, 11) is 0. The predicted molar refractivity (Wildman–Crippen MR) is 191 cm³/mol. The molecule has 14 heteroatoms. The highest BCUT2D eigenvalue weighted by Crippen LogP contribution is 2.30. The predicted octanol–water partition coefficient (Wildman–Crippen LogP) is 5.94. The minimum absolute atomic E-state index is 0.476. The van der Waals surface area contributed by atoms with Crippen molar-refractivity contribution in [3.05, 3.63) is 115 Å². The number of hydrogen-bond donors (Lipinski definition) is 3. The molecular formula is C37H26N14. The highest BCUT2D eigenvalue weighted by atomic mass is 15.5. The van der Waals surface area contributed by atoms with Crippen LogP contribution in [0.4, 0.5) is 0 Å². The van der Waals surface area contributed by atoms with Crippen LogP contribution in [0.1, 0.15) is 17.0 Å². The summed E-state index contributed by atoms with van der Waals surface area (Å²) in [4.78, 5) is 42.6. The third kappa shape index (κ3) is 6.25. The Hall–Kier alpha value is -7.53. The molecule has 51 heavy (non-hydrogen) atoms. The Morgan fingerprint density at radius 2 is 1.16 bits per heavy atom. The lowest BCUT2D eigenvalue weighted by atomic mass is 10.1. The topological polar surface area (TPSA) is 189 Å². The molecule has 3 N–H and O–H groups in total. The standard InChI is InChI=1S/C19H13N5.C18H13N9/c1-3-13-9-14(11-20-10-13)17-15-7-8-21-18(15)24-19(23-17)16-6-4-5-12(2)22-16;1-10-3-2-4-14(21-10)18-22-15(13-5-6-20-17(13)23-18)11-7-12(9-19-8-11)16-24-26-27-25-16/h1,4-11H,2H3,(H,21,23,24);2-9H,1H3,(H,20,22,23)(H,24,25,26,27). The van der Waals surface area contributed by atoms with Gasteiger partial charge in [-0.05, 0) is 67.6 Å². The molecule has 0 aliphatic heterocycles. The van der Waals surface area contributed by atoms with Crippen molar-refractivity contribution in [2.45, 2.75) is 13.8 Å². The molecule has 0 amide bonds. The summed E-state index contributed by atoms with van der Waals surface area (Å²) in [5.74, 6) is 4.20. The monoisotopic (exact) mass is 666 g/mol. The molecule has 0 aliphatic carbocycles. The molecule has 9 rings (SSSR count). The van der Waals surface area contributed by atoms with Gasteiger partial charge in [0.2, 0.25) is 5.82 Å². The molecule has 0 spiro atoms. The second-order valence-electron chi connectivity index (χ2n) is 11.4. The quantitative estimate of drug-likeness (QED) is 0.184. The first-order chi connectivity index (χ1) is 25.0. The fourth-order valence-corrected chi connectivity index (χ4v) is 5.51. The van der Waals surface area contributed by atoms with Crippen LogP contribution < -0.4 is 0 Å². The van der Waals surface area contributed by atoms with Crippen LogP contribution >= 0.6 is 0 Å². The Morgan fingerprint density at radius 1 is 0.588 bits per heavy atom. The van der Waals surface area contributed by atoms with Crippen LogP contribution in [0, 0.1) is 26.2 Å². The lowest BCUT2D eigenvalue weighted by molar-refractivity contribution is 0.881. The fourth-order valence-electron chi connectivity index (χ4n) is 5.51. The molecule has 0 fully saturated rings. The van der Waals surface area contributed by atoms with Crippen molar-refractivity contribution in [3.8, 4) is 69.3 Å². The first-order valence-electron chi connectivity index (χ1n) is 15.7. The lowest BCUT2D eigenvalue weighted by Crippen LogP contribution is -1.97. The molecule has 9 aromatic heterocycles. The van der Waals surface area contributed by atoms with Gasteiger partial charge in [0.1, 0.15) is 22.7 Å². The lowest BCUT2D eigenvalue weighted by Gasteiger charge is -2.07. The molecular weight excluding hydrogens is 641 g/mol. The largest absolute Gasteiger partial charge is 0.346 e. The third-order valence-corrected chi connectivity index (χ3v) is 7.86. The van der Waals surface area contributed by atoms with Gasteiger partial charge in [-0.2, -0.15) is 5.21 Å². The van der Waals surface area contributed by atoms with Crippen LogP contribution in [0.5, 0.6) is 0 Å². The molecule has 0 saturated carbocycles. The number of pyridine rings is 4. The molecule has 0 bridgehead atoms. The zero-order valence-corrected chi connectivity index (χ0v) is 27.2. The number of aryl methyl sites for hydroxylation is 2. The summed E-state index contributed by atoms with van der Waals surface area (Å²) < 4.78 is 0. The number of aromatic nitrogens is 14. The van der Waals surface area contributed by atoms with Gasteiger partial charge in [0.25, 0.3) is 0 Å². The van der Waals surface area contributed by atoms with Crippen molar-refractivity contribution in [3.63, 3.8) is 0 Å². The first-order valence-corrected chi connectivity index (χ1v) is 15.7. The Bertz CT molecular complexity index is 2700. The molecule has 0 saturated heterocycles. The van der Waals surface area contributed by atoms with Crippen LogP contribution in [0.3, 0.4) is 0 Å². The number of hydrogen-bond acceptors (Lipinski definition) is 11. The number of nitrogens with zero attached hydrogens (tertiary/aromatic N) is 11. The van der Waals surface area contributed by atoms with E-state index in [-0.39, 0.29) is 0 Å². The molecule has 14 nitrogen and oxygen atoms in total. The van der Waals surface area contributed by atoms with E-state index >= 15 is 0 Å². The Balaban J connectivity index is 0.000000148. The van der Waals surface area contributed by atoms with Crippen LogP contribution in [0.2, 0.25) is 0 Å². The van der Waals surface area contributed by atoms with E-state index in [4.69, 9.17) is 16.4 Å². The minimum Gasteiger partial charge on any atom is -0.346 e. The van der Waals surface area contributed by atoms with E-state index in [0.29, 0.717) is 23.0 Å². The summed E-state index contributed by atoms with van der Waals surface area (Å²) in [5.41, 5.74) is 9.46. The van der Waals surface area contributed by atoms with Gasteiger partial charge in [-0.1, -0.05) is 18.1 Å². The van der Waals surface area contributed by atoms with Crippen LogP contribution in [-0.2, 0) is 0 Å². The number of fused-ring (bicyclic) bond motifs is 2. The molecule has 0 aromatic carbocycles. The van der Waals surface area contributed by atoms with Crippen molar-refractivity contribution >= 4 is 22.1 Å². The fraction of sp³-hybridized carbons (Fsp3) is 0.0541. The number of nitrogens with one attached hydrogen (secondary N) is 3. The van der Waals surface area contributed by atoms with Gasteiger partial charge in [-0.3, -0.25) is 9.97 Å². The number of aromatic amines is 3. The third-order valence-electron chi connectivity index (χ3n) is 7.86. The average Bonchev–Trinajstić information content (AvgIpc) is 3.97. The van der Waals surface area contributed by atoms with Gasteiger partial charge in [-0.25, -0.2) is 29.9 Å². The van der Waals surface area contributed by atoms with E-state index in [1.807, 2.05) is 86.9 Å². The van der Waals surface area contributed by atoms with Crippen LogP contribution in [-0.4, -0.2) is 70.5 Å². The van der Waals surface area contributed by atoms with E-state index in [0.717, 1.165) is 72.9 Å². The number of tetrazole rings is 1. The molecule has 0 atom stereocenters. The van der Waals surface area contributed by atoms with E-state index in [1.54, 1.807) is 24.8 Å². The summed E-state index contributed by atoms with van der Waals surface area (Å²) in [6, 6.07) is 19.3. The minimum atomic E-state index is 0.476. The van der Waals surface area contributed by atoms with E-state index < -0.39 is 0 Å². The van der Waals surface area contributed by atoms with Crippen molar-refractivity contribution in [2.24, 2.45) is 0 Å². The van der Waals surface area contributed by atoms with Gasteiger partial charge < -0.3 is 9.97 Å². The number of terminal acetylenes is 1. The van der Waals surface area contributed by atoms with E-state index in [9.17, 15) is 0 Å². The second kappa shape index (κ2) is 13.2. The highest BCUT2D eigenvalue weighted by molar-refractivity contribution is 5.93. The van der Waals surface area contributed by atoms with Gasteiger partial charge >= 0.3 is 0 Å². The van der Waals surface area contributed by atoms with E-state index in [1.165, 1.54) is 0 Å². The summed E-state index contributed by atoms with van der Waals surface area (Å²) in [5, 5.41) is 15.9. The Kier molecular flexibility index (Phi) is 7.95. The second-order valence-corrected chi connectivity index (χ2v) is 11.4. The van der Waals surface area contributed by atoms with Crippen LogP contribution in [0.15, 0.2) is 97.8 Å². The SMILES string of the molecule is C#Cc1cncc(-c2nc(-c3cccc(C)n3)nc3[nH]ccc23)c1.Cc1cccc(-c2nc(-c3cncc(-c4nn[nH]n4)c3)c3cc[nH]c3n2)n1. The zero-order valence-electron chi connectivity index (χ0n) is 27.2. The van der Waals surface area contributed by atoms with Gasteiger partial charge in [0.15, 0.2) is 11.6 Å². The average molecular weight is 667 g/mol. The summed E-state index contributed by atoms with van der Waals surface area (Å²) in [6.07, 6.45) is 16.0. The van der Waals surface area contributed by atoms with Crippen molar-refractivity contribution in [2.75, 3.05) is 0 Å². The molecule has 0 unspecified atom stereocenters. The summed E-state index contributed by atoms with van der Waals surface area (Å²) >= 11 is 0. The van der Waals surface area contributed by atoms with Gasteiger partial charge in [0, 0.05) is 81.6 Å². The Morgan fingerprint density at radius 3 is 1.71 bits per heavy atom. The van der Waals surface area contributed by atoms with Crippen molar-refractivity contribution in [1.82, 2.24) is 70.5 Å². The van der Waals surface area contributed by atoms with Gasteiger partial charge in [0.05, 0.1) is 11.4 Å². The molecule has 0 aliphatic rings.